The second-order valence-electron chi connectivity index (χ2n) is 8.93. The molecule has 0 unspecified atom stereocenters. The van der Waals surface area contributed by atoms with Crippen LogP contribution in [0.1, 0.15) is 72.0 Å². The molecule has 192 valence electrons. The zero-order valence-electron chi connectivity index (χ0n) is 20.4. The smallest absolute Gasteiger partial charge is 0.418 e. The molecule has 1 atom stereocenters. The number of aromatic nitrogens is 1. The lowest BCUT2D eigenvalue weighted by molar-refractivity contribution is -0.137. The molecule has 5 nitrogen and oxygen atoms in total. The van der Waals surface area contributed by atoms with Crippen LogP contribution in [0.25, 0.3) is 0 Å². The summed E-state index contributed by atoms with van der Waals surface area (Å²) in [5.74, 6) is -1.83. The highest BCUT2D eigenvalue weighted by atomic mass is 19.4. The van der Waals surface area contributed by atoms with Gasteiger partial charge in [0.15, 0.2) is 0 Å². The maximum Gasteiger partial charge on any atom is 0.418 e. The van der Waals surface area contributed by atoms with E-state index in [0.717, 1.165) is 56.0 Å². The topological polar surface area (TPSA) is 71.3 Å². The number of alkyl halides is 3. The molecule has 0 bridgehead atoms. The van der Waals surface area contributed by atoms with Crippen molar-refractivity contribution >= 4 is 17.6 Å². The number of aliphatic carboxylic acids is 1. The molecule has 0 saturated heterocycles. The van der Waals surface area contributed by atoms with E-state index in [2.05, 4.69) is 17.4 Å². The van der Waals surface area contributed by atoms with Crippen LogP contribution in [-0.2, 0) is 30.2 Å². The third-order valence-corrected chi connectivity index (χ3v) is 6.25. The number of aryl methyl sites for hydroxylation is 2. The van der Waals surface area contributed by atoms with Crippen molar-refractivity contribution in [2.24, 2.45) is 0 Å². The van der Waals surface area contributed by atoms with E-state index in [-0.39, 0.29) is 17.3 Å². The lowest BCUT2D eigenvalue weighted by Crippen LogP contribution is -2.22. The maximum atomic E-state index is 13.6. The quantitative estimate of drug-likeness (QED) is 0.281. The fourth-order valence-electron chi connectivity index (χ4n) is 4.28. The number of carbonyl (C=O) groups is 2. The largest absolute Gasteiger partial charge is 0.481 e. The molecule has 1 heterocycles. The first kappa shape index (κ1) is 27.0. The molecule has 0 spiro atoms. The number of halogens is 3. The van der Waals surface area contributed by atoms with E-state index in [1.54, 1.807) is 6.07 Å². The van der Waals surface area contributed by atoms with Crippen molar-refractivity contribution in [3.05, 3.63) is 88.7 Å². The van der Waals surface area contributed by atoms with Crippen molar-refractivity contribution in [1.29, 1.82) is 0 Å². The van der Waals surface area contributed by atoms with Gasteiger partial charge in [0, 0.05) is 11.7 Å². The summed E-state index contributed by atoms with van der Waals surface area (Å²) in [4.78, 5) is 24.2. The molecule has 3 rings (SSSR count). The highest BCUT2D eigenvalue weighted by Crippen LogP contribution is 2.36. The van der Waals surface area contributed by atoms with E-state index in [4.69, 9.17) is 5.11 Å². The number of hydrogen-bond donors (Lipinski definition) is 2. The molecule has 8 heteroatoms. The molecular weight excluding hydrogens is 469 g/mol. The number of rotatable bonds is 11. The third-order valence-electron chi connectivity index (χ3n) is 6.25. The average Bonchev–Trinajstić information content (AvgIpc) is 3.25. The van der Waals surface area contributed by atoms with Gasteiger partial charge in [0.2, 0.25) is 0 Å². The van der Waals surface area contributed by atoms with Gasteiger partial charge in [0.25, 0.3) is 5.91 Å². The van der Waals surface area contributed by atoms with Crippen LogP contribution in [0.15, 0.2) is 60.7 Å². The summed E-state index contributed by atoms with van der Waals surface area (Å²) in [6, 6.07) is 16.6. The number of anilines is 1. The molecule has 0 aliphatic heterocycles. The minimum atomic E-state index is -4.70. The van der Waals surface area contributed by atoms with Crippen LogP contribution >= 0.6 is 0 Å². The van der Waals surface area contributed by atoms with Crippen LogP contribution in [0.3, 0.4) is 0 Å². The summed E-state index contributed by atoms with van der Waals surface area (Å²) in [5.41, 5.74) is 1.19. The van der Waals surface area contributed by atoms with Gasteiger partial charge in [-0.05, 0) is 74.4 Å². The first-order chi connectivity index (χ1) is 17.1. The molecule has 0 aliphatic rings. The summed E-state index contributed by atoms with van der Waals surface area (Å²) in [6.45, 7) is 3.96. The number of carbonyl (C=O) groups excluding carboxylic acids is 1. The Morgan fingerprint density at radius 3 is 2.31 bits per heavy atom. The number of benzene rings is 2. The second-order valence-corrected chi connectivity index (χ2v) is 8.93. The Hall–Kier alpha value is -3.55. The predicted molar refractivity (Wildman–Crippen MR) is 133 cm³/mol. The van der Waals surface area contributed by atoms with Gasteiger partial charge in [-0.15, -0.1) is 0 Å². The molecule has 3 aromatic rings. The lowest BCUT2D eigenvalue weighted by atomic mass is 10.1. The van der Waals surface area contributed by atoms with Crippen molar-refractivity contribution in [3.8, 4) is 0 Å². The average molecular weight is 501 g/mol. The van der Waals surface area contributed by atoms with E-state index in [1.165, 1.54) is 5.56 Å². The molecule has 1 amide bonds. The van der Waals surface area contributed by atoms with Crippen LogP contribution in [0.2, 0.25) is 0 Å². The van der Waals surface area contributed by atoms with Crippen molar-refractivity contribution in [2.45, 2.75) is 64.6 Å². The van der Waals surface area contributed by atoms with Crippen molar-refractivity contribution in [3.63, 3.8) is 0 Å². The predicted octanol–water partition coefficient (Wildman–Crippen LogP) is 6.92. The number of hydrogen-bond acceptors (Lipinski definition) is 2. The van der Waals surface area contributed by atoms with Crippen LogP contribution < -0.4 is 5.32 Å². The molecule has 36 heavy (non-hydrogen) atoms. The van der Waals surface area contributed by atoms with E-state index in [1.807, 2.05) is 42.7 Å². The summed E-state index contributed by atoms with van der Waals surface area (Å²) in [6.07, 6.45) is -0.829. The SMILES string of the molecule is CC[C@H](C)n1c(CCCCc2ccccc2)ccc1C(=O)Nc1cc(CC(=O)O)ccc1C(F)(F)F. The number of carboxylic acid groups (broad SMARTS) is 1. The lowest BCUT2D eigenvalue weighted by Gasteiger charge is -2.20. The van der Waals surface area contributed by atoms with Gasteiger partial charge in [-0.3, -0.25) is 9.59 Å². The van der Waals surface area contributed by atoms with Gasteiger partial charge in [-0.2, -0.15) is 13.2 Å². The normalized spacial score (nSPS) is 12.4. The highest BCUT2D eigenvalue weighted by molar-refractivity contribution is 6.04. The van der Waals surface area contributed by atoms with Gasteiger partial charge < -0.3 is 15.0 Å². The number of unbranched alkanes of at least 4 members (excludes halogenated alkanes) is 1. The molecule has 2 N–H and O–H groups in total. The molecule has 0 radical (unpaired) electrons. The summed E-state index contributed by atoms with van der Waals surface area (Å²) >= 11 is 0. The first-order valence-electron chi connectivity index (χ1n) is 12.1. The van der Waals surface area contributed by atoms with E-state index < -0.39 is 35.7 Å². The van der Waals surface area contributed by atoms with E-state index in [0.29, 0.717) is 0 Å². The number of nitrogens with zero attached hydrogens (tertiary/aromatic N) is 1. The van der Waals surface area contributed by atoms with Gasteiger partial charge in [-0.1, -0.05) is 43.3 Å². The number of amides is 1. The first-order valence-corrected chi connectivity index (χ1v) is 12.1. The maximum absolute atomic E-state index is 13.6. The molecule has 0 aliphatic carbocycles. The Labute approximate surface area is 209 Å². The van der Waals surface area contributed by atoms with Crippen LogP contribution in [0.4, 0.5) is 18.9 Å². The summed E-state index contributed by atoms with van der Waals surface area (Å²) < 4.78 is 42.6. The zero-order chi connectivity index (χ0) is 26.3. The van der Waals surface area contributed by atoms with Crippen LogP contribution in [-0.4, -0.2) is 21.6 Å². The minimum Gasteiger partial charge on any atom is -0.481 e. The minimum absolute atomic E-state index is 0.0229. The Morgan fingerprint density at radius 1 is 0.972 bits per heavy atom. The van der Waals surface area contributed by atoms with Gasteiger partial charge in [-0.25, -0.2) is 0 Å². The molecule has 1 aromatic heterocycles. The van der Waals surface area contributed by atoms with Crippen LogP contribution in [0.5, 0.6) is 0 Å². The number of carboxylic acids is 1. The van der Waals surface area contributed by atoms with Crippen molar-refractivity contribution in [1.82, 2.24) is 4.57 Å². The molecule has 0 saturated carbocycles. The van der Waals surface area contributed by atoms with E-state index in [9.17, 15) is 22.8 Å². The zero-order valence-corrected chi connectivity index (χ0v) is 20.4. The third kappa shape index (κ3) is 6.99. The second kappa shape index (κ2) is 11.9. The summed E-state index contributed by atoms with van der Waals surface area (Å²) in [7, 11) is 0. The molecule has 0 fully saturated rings. The monoisotopic (exact) mass is 500 g/mol. The fourth-order valence-corrected chi connectivity index (χ4v) is 4.28. The van der Waals surface area contributed by atoms with E-state index >= 15 is 0 Å². The molecule has 2 aromatic carbocycles. The van der Waals surface area contributed by atoms with Crippen molar-refractivity contribution in [2.75, 3.05) is 5.32 Å². The fraction of sp³-hybridized carbons (Fsp3) is 0.357. The number of nitrogens with one attached hydrogen (secondary N) is 1. The molecular formula is C28H31F3N2O3. The van der Waals surface area contributed by atoms with Gasteiger partial charge >= 0.3 is 12.1 Å². The Balaban J connectivity index is 1.81. The Kier molecular flexibility index (Phi) is 8.96. The van der Waals surface area contributed by atoms with Gasteiger partial charge in [0.1, 0.15) is 5.69 Å². The Morgan fingerprint density at radius 2 is 1.67 bits per heavy atom. The highest BCUT2D eigenvalue weighted by Gasteiger charge is 2.34. The van der Waals surface area contributed by atoms with Gasteiger partial charge in [0.05, 0.1) is 17.7 Å². The van der Waals surface area contributed by atoms with Crippen LogP contribution in [0, 0.1) is 0 Å². The Bertz CT molecular complexity index is 1190. The standard InChI is InChI=1S/C28H31F3N2O3/c1-3-19(2)33-22(12-8-7-11-20-9-5-4-6-10-20)14-16-25(33)27(36)32-24-17-21(18-26(34)35)13-15-23(24)28(29,30)31/h4-6,9-10,13-17,19H,3,7-8,11-12,18H2,1-2H3,(H,32,36)(H,34,35)/t19-/m0/s1. The van der Waals surface area contributed by atoms with Crippen molar-refractivity contribution < 1.29 is 27.9 Å². The summed E-state index contributed by atoms with van der Waals surface area (Å²) in [5, 5.41) is 11.4.